The first-order valence-corrected chi connectivity index (χ1v) is 3.75. The molecule has 0 saturated heterocycles. The molecule has 0 saturated carbocycles. The Morgan fingerprint density at radius 1 is 2.00 bits per heavy atom. The van der Waals surface area contributed by atoms with Crippen molar-refractivity contribution in [3.8, 4) is 0 Å². The van der Waals surface area contributed by atoms with Gasteiger partial charge < -0.3 is 4.89 Å². The van der Waals surface area contributed by atoms with Gasteiger partial charge in [0.05, 0.1) is 5.16 Å². The Labute approximate surface area is 59.8 Å². The first kappa shape index (κ1) is 11.5. The van der Waals surface area contributed by atoms with Crippen molar-refractivity contribution < 1.29 is 9.46 Å². The van der Waals surface area contributed by atoms with Gasteiger partial charge in [0.25, 0.3) is 0 Å². The molecule has 1 atom stereocenters. The summed E-state index contributed by atoms with van der Waals surface area (Å²) >= 11 is 3.81. The summed E-state index contributed by atoms with van der Waals surface area (Å²) in [6.45, 7) is 4.77. The van der Waals surface area contributed by atoms with Crippen molar-refractivity contribution in [1.82, 2.24) is 0 Å². The van der Waals surface area contributed by atoms with E-state index in [0.29, 0.717) is 5.31 Å². The number of hydrogen-bond acceptors (Lipinski definition) is 3. The highest BCUT2D eigenvalue weighted by molar-refractivity contribution is 7.78. The Bertz CT molecular complexity index is 139. The molecule has 0 heterocycles. The third kappa shape index (κ3) is 18.2. The lowest BCUT2D eigenvalue weighted by molar-refractivity contribution is 0.510. The number of rotatable bonds is 1. The highest BCUT2D eigenvalue weighted by Crippen LogP contribution is 2.22. The maximum Gasteiger partial charge on any atom is 0.213 e. The molecule has 52 valence electrons. The number of allylic oxidation sites excluding steroid dienone is 1. The van der Waals surface area contributed by atoms with E-state index in [1.165, 1.54) is 6.92 Å². The third-order valence-electron chi connectivity index (χ3n) is 0.365. The minimum Gasteiger partial charge on any atom is -0.343 e. The topological polar surface area (TPSA) is 61.1 Å². The summed E-state index contributed by atoms with van der Waals surface area (Å²) in [5.41, 5.74) is 0. The molecular weight excluding hydrogens is 157 g/mol. The van der Waals surface area contributed by atoms with E-state index in [1.807, 2.05) is 0 Å². The van der Waals surface area contributed by atoms with Gasteiger partial charge >= 0.3 is 0 Å². The molecule has 0 fully saturated rings. The molecule has 0 aromatic carbocycles. The minimum atomic E-state index is -2.40. The zero-order valence-electron chi connectivity index (χ0n) is 4.97. The van der Waals surface area contributed by atoms with Crippen molar-refractivity contribution in [2.45, 2.75) is 6.92 Å². The van der Waals surface area contributed by atoms with Crippen LogP contribution in [0.3, 0.4) is 0 Å². The maximum atomic E-state index is 9.78. The van der Waals surface area contributed by atoms with E-state index in [1.54, 1.807) is 5.16 Å². The molecule has 5 heteroatoms. The predicted molar refractivity (Wildman–Crippen MR) is 41.4 cm³/mol. The monoisotopic (exact) mass is 165 g/mol. The molecular formula is C4H8NO2PS. The van der Waals surface area contributed by atoms with Gasteiger partial charge in [-0.15, -0.1) is 0 Å². The Kier molecular flexibility index (Phi) is 9.89. The number of hydrogen-bond donors (Lipinski definition) is 2. The Hall–Kier alpha value is -0.270. The van der Waals surface area contributed by atoms with Crippen LogP contribution in [0.2, 0.25) is 0 Å². The molecule has 9 heavy (non-hydrogen) atoms. The summed E-state index contributed by atoms with van der Waals surface area (Å²) in [6, 6.07) is 0. The molecule has 1 unspecified atom stereocenters. The summed E-state index contributed by atoms with van der Waals surface area (Å²) < 4.78 is 9.78. The van der Waals surface area contributed by atoms with Gasteiger partial charge in [-0.3, -0.25) is 4.57 Å². The van der Waals surface area contributed by atoms with Crippen molar-refractivity contribution in [1.29, 1.82) is 5.41 Å². The van der Waals surface area contributed by atoms with Gasteiger partial charge in [-0.25, -0.2) is 5.41 Å². The lowest BCUT2D eigenvalue weighted by Gasteiger charge is -1.82. The summed E-state index contributed by atoms with van der Waals surface area (Å²) in [5.74, 6) is 0. The minimum absolute atomic E-state index is 0.361. The van der Waals surface area contributed by atoms with Gasteiger partial charge in [-0.05, 0) is 19.1 Å². The van der Waals surface area contributed by atoms with Crippen molar-refractivity contribution >= 4 is 25.4 Å². The van der Waals surface area contributed by atoms with Crippen LogP contribution in [0.15, 0.2) is 11.9 Å². The van der Waals surface area contributed by atoms with Gasteiger partial charge in [-0.1, -0.05) is 6.58 Å². The summed E-state index contributed by atoms with van der Waals surface area (Å²) in [5, 5.41) is 7.72. The third-order valence-corrected chi connectivity index (χ3v) is 1.10. The van der Waals surface area contributed by atoms with Crippen LogP contribution in [0.1, 0.15) is 6.92 Å². The second kappa shape index (κ2) is 7.73. The number of thiocarbonyl (C=S) groups is 1. The van der Waals surface area contributed by atoms with Gasteiger partial charge in [0.1, 0.15) is 0 Å². The van der Waals surface area contributed by atoms with Crippen LogP contribution < -0.4 is 0 Å². The van der Waals surface area contributed by atoms with E-state index >= 15 is 0 Å². The van der Waals surface area contributed by atoms with Crippen LogP contribution >= 0.6 is 20.2 Å². The van der Waals surface area contributed by atoms with Crippen LogP contribution in [-0.2, 0) is 4.57 Å². The van der Waals surface area contributed by atoms with Gasteiger partial charge in [0.2, 0.25) is 8.03 Å². The molecule has 0 aromatic heterocycles. The Balaban J connectivity index is 0. The lowest BCUT2D eigenvalue weighted by atomic mass is 10.8. The van der Waals surface area contributed by atoms with E-state index < -0.39 is 8.03 Å². The Morgan fingerprint density at radius 3 is 2.11 bits per heavy atom. The Morgan fingerprint density at radius 2 is 2.11 bits per heavy atom. The second-order valence-electron chi connectivity index (χ2n) is 1.19. The molecule has 0 aliphatic heterocycles. The molecule has 3 nitrogen and oxygen atoms in total. The molecule has 0 aliphatic rings. The fourth-order valence-corrected chi connectivity index (χ4v) is 0. The van der Waals surface area contributed by atoms with Gasteiger partial charge in [-0.2, -0.15) is 0 Å². The molecule has 0 radical (unpaired) electrons. The van der Waals surface area contributed by atoms with Crippen molar-refractivity contribution in [2.24, 2.45) is 0 Å². The molecule has 0 bridgehead atoms. The molecule has 0 aliphatic carbocycles. The first-order chi connectivity index (χ1) is 4.06. The van der Waals surface area contributed by atoms with Crippen LogP contribution in [0, 0.1) is 5.41 Å². The van der Waals surface area contributed by atoms with Crippen molar-refractivity contribution in [3.05, 3.63) is 11.9 Å². The smallest absolute Gasteiger partial charge is 0.213 e. The normalized spacial score (nSPS) is 10.0. The van der Waals surface area contributed by atoms with Gasteiger partial charge in [0.15, 0.2) is 0 Å². The predicted octanol–water partition coefficient (Wildman–Crippen LogP) is 1.65. The van der Waals surface area contributed by atoms with E-state index in [2.05, 4.69) is 18.8 Å². The van der Waals surface area contributed by atoms with E-state index in [-0.39, 0.29) is 0 Å². The summed E-state index contributed by atoms with van der Waals surface area (Å²) in [4.78, 5) is 8.08. The lowest BCUT2D eigenvalue weighted by Crippen LogP contribution is -1.54. The number of nitrogens with one attached hydrogen (secondary N) is 1. The zero-order chi connectivity index (χ0) is 7.86. The fraction of sp³-hybridized carbons (Fsp3) is 0.250. The van der Waals surface area contributed by atoms with Crippen molar-refractivity contribution in [3.63, 3.8) is 0 Å². The van der Waals surface area contributed by atoms with E-state index in [0.717, 1.165) is 0 Å². The highest BCUT2D eigenvalue weighted by atomic mass is 32.1. The van der Waals surface area contributed by atoms with Crippen molar-refractivity contribution in [2.75, 3.05) is 0 Å². The maximum absolute atomic E-state index is 9.78. The zero-order valence-corrected chi connectivity index (χ0v) is 6.79. The average molecular weight is 165 g/mol. The highest BCUT2D eigenvalue weighted by Gasteiger charge is 1.85. The molecule has 0 amide bonds. The van der Waals surface area contributed by atoms with Gasteiger partial charge in [0, 0.05) is 5.31 Å². The molecule has 0 rings (SSSR count). The first-order valence-electron chi connectivity index (χ1n) is 1.99. The average Bonchev–Trinajstić information content (AvgIpc) is 1.68. The fourth-order valence-electron chi connectivity index (χ4n) is 0. The van der Waals surface area contributed by atoms with Crippen LogP contribution in [0.25, 0.3) is 0 Å². The second-order valence-corrected chi connectivity index (χ2v) is 2.86. The standard InChI is InChI=1S/C3H7O2P.CHNS/c1-3(2)6(4)5;2-1-3/h6H,1H2,2H3,(H,4,5);2H. The quantitative estimate of drug-likeness (QED) is 0.353. The van der Waals surface area contributed by atoms with E-state index in [4.69, 9.17) is 10.3 Å². The van der Waals surface area contributed by atoms with Crippen LogP contribution in [0.4, 0.5) is 0 Å². The van der Waals surface area contributed by atoms with Crippen LogP contribution in [-0.4, -0.2) is 10.1 Å². The summed E-state index contributed by atoms with van der Waals surface area (Å²) in [7, 11) is -2.40. The summed E-state index contributed by atoms with van der Waals surface area (Å²) in [6.07, 6.45) is 0. The van der Waals surface area contributed by atoms with E-state index in [9.17, 15) is 4.57 Å². The molecule has 0 spiro atoms. The largest absolute Gasteiger partial charge is 0.343 e. The number of isothiocyanates is 1. The molecule has 2 N–H and O–H groups in total. The van der Waals surface area contributed by atoms with Crippen LogP contribution in [0.5, 0.6) is 0 Å². The SMILES string of the molecule is C=C(C)[PH](=O)O.N=C=S. The molecule has 0 aromatic rings.